The number of likely N-dealkylation sites (tertiary alicyclic amines) is 1. The van der Waals surface area contributed by atoms with Gasteiger partial charge in [0.05, 0.1) is 44.0 Å². The standard InChI is InChI=1S/C24H25F5N8O2/c1-22(12-39-13-22)35-7-6-18(23(25,26)10-35)30-21-31-20(38-2)19-15(5-8-36(19)33-21)14-3-4-16-17(9-14)37(34-32-16)11-24(27,28)29/h3-5,8-9,18H,6-7,10-13H2,1-2H3,(H,30,33)/t18-/m1/s1. The van der Waals surface area contributed by atoms with Crippen molar-refractivity contribution in [1.82, 2.24) is 34.5 Å². The number of nitrogens with one attached hydrogen (secondary N) is 1. The molecule has 4 aromatic rings. The summed E-state index contributed by atoms with van der Waals surface area (Å²) in [6, 6.07) is 5.33. The van der Waals surface area contributed by atoms with Crippen LogP contribution in [0.5, 0.6) is 5.88 Å². The minimum atomic E-state index is -4.46. The van der Waals surface area contributed by atoms with Crippen molar-refractivity contribution >= 4 is 22.5 Å². The van der Waals surface area contributed by atoms with E-state index >= 15 is 8.78 Å². The maximum absolute atomic E-state index is 15.1. The predicted octanol–water partition coefficient (Wildman–Crippen LogP) is 3.62. The van der Waals surface area contributed by atoms with E-state index in [1.165, 1.54) is 11.6 Å². The first-order valence-corrected chi connectivity index (χ1v) is 12.3. The highest BCUT2D eigenvalue weighted by Gasteiger charge is 2.51. The molecule has 1 aromatic carbocycles. The van der Waals surface area contributed by atoms with Crippen LogP contribution in [0, 0.1) is 0 Å². The molecule has 1 atom stereocenters. The molecule has 2 fully saturated rings. The number of piperidine rings is 1. The summed E-state index contributed by atoms with van der Waals surface area (Å²) in [5.74, 6) is -2.94. The van der Waals surface area contributed by atoms with Crippen LogP contribution in [-0.4, -0.2) is 91.6 Å². The summed E-state index contributed by atoms with van der Waals surface area (Å²) >= 11 is 0. The number of halogens is 5. The summed E-state index contributed by atoms with van der Waals surface area (Å²) in [4.78, 5) is 6.11. The summed E-state index contributed by atoms with van der Waals surface area (Å²) in [6.07, 6.45) is -2.67. The van der Waals surface area contributed by atoms with Crippen LogP contribution in [-0.2, 0) is 11.3 Å². The van der Waals surface area contributed by atoms with Gasteiger partial charge in [0.1, 0.15) is 17.6 Å². The van der Waals surface area contributed by atoms with E-state index < -0.39 is 31.2 Å². The van der Waals surface area contributed by atoms with E-state index in [1.807, 2.05) is 6.92 Å². The van der Waals surface area contributed by atoms with Crippen LogP contribution in [0.4, 0.5) is 27.9 Å². The lowest BCUT2D eigenvalue weighted by molar-refractivity contribution is -0.174. The predicted molar refractivity (Wildman–Crippen MR) is 130 cm³/mol. The van der Waals surface area contributed by atoms with Crippen molar-refractivity contribution in [2.75, 3.05) is 38.7 Å². The first kappa shape index (κ1) is 25.7. The molecule has 10 nitrogen and oxygen atoms in total. The number of nitrogens with zero attached hydrogens (tertiary/aromatic N) is 7. The fourth-order valence-corrected chi connectivity index (χ4v) is 5.16. The molecule has 15 heteroatoms. The maximum Gasteiger partial charge on any atom is 0.408 e. The highest BCUT2D eigenvalue weighted by molar-refractivity contribution is 5.89. The number of anilines is 1. The van der Waals surface area contributed by atoms with Gasteiger partial charge in [-0.3, -0.25) is 4.90 Å². The van der Waals surface area contributed by atoms with Crippen molar-refractivity contribution in [2.24, 2.45) is 0 Å². The molecule has 208 valence electrons. The Kier molecular flexibility index (Phi) is 5.91. The lowest BCUT2D eigenvalue weighted by Crippen LogP contribution is -2.67. The van der Waals surface area contributed by atoms with Crippen LogP contribution < -0.4 is 10.1 Å². The number of hydrogen-bond donors (Lipinski definition) is 1. The van der Waals surface area contributed by atoms with E-state index in [-0.39, 0.29) is 29.3 Å². The van der Waals surface area contributed by atoms with Gasteiger partial charge < -0.3 is 14.8 Å². The van der Waals surface area contributed by atoms with E-state index in [4.69, 9.17) is 9.47 Å². The van der Waals surface area contributed by atoms with Gasteiger partial charge in [-0.25, -0.2) is 18.0 Å². The number of hydrogen-bond acceptors (Lipinski definition) is 8. The number of benzene rings is 1. The van der Waals surface area contributed by atoms with Gasteiger partial charge in [-0.15, -0.1) is 10.2 Å². The summed E-state index contributed by atoms with van der Waals surface area (Å²) < 4.78 is 82.2. The molecule has 0 saturated carbocycles. The van der Waals surface area contributed by atoms with Crippen molar-refractivity contribution in [2.45, 2.75) is 43.6 Å². The fraction of sp³-hybridized carbons (Fsp3) is 0.500. The van der Waals surface area contributed by atoms with Gasteiger partial charge in [-0.2, -0.15) is 18.2 Å². The molecule has 39 heavy (non-hydrogen) atoms. The van der Waals surface area contributed by atoms with Crippen molar-refractivity contribution < 1.29 is 31.4 Å². The van der Waals surface area contributed by atoms with Gasteiger partial charge in [0, 0.05) is 18.3 Å². The van der Waals surface area contributed by atoms with E-state index in [9.17, 15) is 13.2 Å². The zero-order valence-electron chi connectivity index (χ0n) is 21.0. The number of fused-ring (bicyclic) bond motifs is 2. The molecule has 2 aliphatic heterocycles. The van der Waals surface area contributed by atoms with Crippen molar-refractivity contribution in [3.05, 3.63) is 30.5 Å². The summed E-state index contributed by atoms with van der Waals surface area (Å²) in [5, 5.41) is 14.6. The molecule has 5 heterocycles. The Morgan fingerprint density at radius 1 is 1.21 bits per heavy atom. The zero-order valence-corrected chi connectivity index (χ0v) is 21.0. The first-order chi connectivity index (χ1) is 18.5. The van der Waals surface area contributed by atoms with Crippen molar-refractivity contribution in [3.8, 4) is 17.0 Å². The largest absolute Gasteiger partial charge is 0.479 e. The van der Waals surface area contributed by atoms with Gasteiger partial charge in [0.25, 0.3) is 5.92 Å². The Balaban J connectivity index is 1.29. The molecule has 0 spiro atoms. The normalized spacial score (nSPS) is 21.3. The molecular weight excluding hydrogens is 527 g/mol. The van der Waals surface area contributed by atoms with Crippen LogP contribution in [0.1, 0.15) is 13.3 Å². The van der Waals surface area contributed by atoms with Crippen LogP contribution in [0.25, 0.3) is 27.7 Å². The number of methoxy groups -OCH3 is 1. The Morgan fingerprint density at radius 2 is 2.00 bits per heavy atom. The monoisotopic (exact) mass is 552 g/mol. The van der Waals surface area contributed by atoms with Crippen LogP contribution in [0.15, 0.2) is 30.5 Å². The zero-order chi connectivity index (χ0) is 27.6. The Morgan fingerprint density at radius 3 is 2.67 bits per heavy atom. The molecule has 2 saturated heterocycles. The molecule has 0 aliphatic carbocycles. The minimum absolute atomic E-state index is 0.0271. The second-order valence-corrected chi connectivity index (χ2v) is 10.2. The molecule has 0 amide bonds. The fourth-order valence-electron chi connectivity index (χ4n) is 5.16. The average Bonchev–Trinajstić information content (AvgIpc) is 3.46. The van der Waals surface area contributed by atoms with E-state index in [1.54, 1.807) is 35.4 Å². The first-order valence-electron chi connectivity index (χ1n) is 12.3. The van der Waals surface area contributed by atoms with Gasteiger partial charge in [0.15, 0.2) is 0 Å². The summed E-state index contributed by atoms with van der Waals surface area (Å²) in [6.45, 7) is 1.58. The smallest absolute Gasteiger partial charge is 0.408 e. The molecule has 0 radical (unpaired) electrons. The molecular formula is C24H25F5N8O2. The van der Waals surface area contributed by atoms with E-state index in [0.717, 1.165) is 4.68 Å². The van der Waals surface area contributed by atoms with Gasteiger partial charge in [0.2, 0.25) is 11.8 Å². The third kappa shape index (κ3) is 4.62. The third-order valence-corrected chi connectivity index (χ3v) is 7.32. The molecule has 0 bridgehead atoms. The Bertz CT molecular complexity index is 1530. The topological polar surface area (TPSA) is 94.6 Å². The van der Waals surface area contributed by atoms with Crippen LogP contribution >= 0.6 is 0 Å². The van der Waals surface area contributed by atoms with Crippen molar-refractivity contribution in [3.63, 3.8) is 0 Å². The molecule has 2 aliphatic rings. The van der Waals surface area contributed by atoms with Gasteiger partial charge in [-0.1, -0.05) is 11.3 Å². The van der Waals surface area contributed by atoms with Gasteiger partial charge in [-0.05, 0) is 37.1 Å². The lowest BCUT2D eigenvalue weighted by Gasteiger charge is -2.51. The quantitative estimate of drug-likeness (QED) is 0.363. The molecule has 1 N–H and O–H groups in total. The van der Waals surface area contributed by atoms with Crippen LogP contribution in [0.3, 0.4) is 0 Å². The number of aromatic nitrogens is 6. The molecule has 3 aromatic heterocycles. The minimum Gasteiger partial charge on any atom is -0.479 e. The summed E-state index contributed by atoms with van der Waals surface area (Å²) in [5.41, 5.74) is 1.71. The maximum atomic E-state index is 15.1. The Labute approximate surface area is 218 Å². The average molecular weight is 553 g/mol. The van der Waals surface area contributed by atoms with E-state index in [0.29, 0.717) is 41.9 Å². The Hall–Kier alpha value is -3.59. The highest BCUT2D eigenvalue weighted by atomic mass is 19.4. The SMILES string of the molecule is COc1nc(N[C@@H]2CCN(C3(C)COC3)CC2(F)F)nn2ccc(-c3ccc4nnn(CC(F)(F)F)c4c3)c12. The number of alkyl halides is 5. The molecule has 0 unspecified atom stereocenters. The van der Waals surface area contributed by atoms with E-state index in [2.05, 4.69) is 25.7 Å². The second-order valence-electron chi connectivity index (χ2n) is 10.2. The lowest BCUT2D eigenvalue weighted by atomic mass is 9.91. The number of ether oxygens (including phenoxy) is 2. The van der Waals surface area contributed by atoms with Crippen molar-refractivity contribution in [1.29, 1.82) is 0 Å². The number of rotatable bonds is 6. The highest BCUT2D eigenvalue weighted by Crippen LogP contribution is 2.37. The van der Waals surface area contributed by atoms with Crippen LogP contribution in [0.2, 0.25) is 0 Å². The molecule has 6 rings (SSSR count). The second kappa shape index (κ2) is 8.98. The summed E-state index contributed by atoms with van der Waals surface area (Å²) in [7, 11) is 1.39. The van der Waals surface area contributed by atoms with Gasteiger partial charge >= 0.3 is 6.18 Å². The third-order valence-electron chi connectivity index (χ3n) is 7.32.